The predicted octanol–water partition coefficient (Wildman–Crippen LogP) is 3.31. The minimum atomic E-state index is -4.39. The summed E-state index contributed by atoms with van der Waals surface area (Å²) in [5.74, 6) is 0.124. The first-order valence-corrected chi connectivity index (χ1v) is 5.89. The third-order valence-corrected chi connectivity index (χ3v) is 2.88. The number of hydrogen-bond acceptors (Lipinski definition) is 1. The maximum Gasteiger partial charge on any atom is 0.416 e. The van der Waals surface area contributed by atoms with Crippen LogP contribution in [0.4, 0.5) is 13.2 Å². The van der Waals surface area contributed by atoms with Crippen LogP contribution in [0.15, 0.2) is 24.3 Å². The average molecular weight is 280 g/mol. The zero-order valence-electron chi connectivity index (χ0n) is 9.72. The molecular formula is C12H13ClF3NO. The molecule has 1 N–H and O–H groups in total. The smallest absolute Gasteiger partial charge is 0.352 e. The molecule has 1 rings (SSSR count). The van der Waals surface area contributed by atoms with Crippen molar-refractivity contribution in [3.8, 4) is 0 Å². The zero-order valence-corrected chi connectivity index (χ0v) is 10.5. The third-order valence-electron chi connectivity index (χ3n) is 2.35. The lowest BCUT2D eigenvalue weighted by molar-refractivity contribution is -0.137. The lowest BCUT2D eigenvalue weighted by Gasteiger charge is -2.10. The second-order valence-corrected chi connectivity index (χ2v) is 4.35. The van der Waals surface area contributed by atoms with E-state index in [1.807, 2.05) is 6.92 Å². The van der Waals surface area contributed by atoms with Gasteiger partial charge in [-0.2, -0.15) is 13.2 Å². The van der Waals surface area contributed by atoms with Crippen LogP contribution in [0, 0.1) is 5.92 Å². The van der Waals surface area contributed by atoms with Crippen molar-refractivity contribution in [2.45, 2.75) is 13.1 Å². The molecule has 1 unspecified atom stereocenters. The van der Waals surface area contributed by atoms with Crippen LogP contribution < -0.4 is 5.32 Å². The molecule has 0 heterocycles. The second kappa shape index (κ2) is 6.09. The molecule has 1 atom stereocenters. The molecule has 0 saturated heterocycles. The molecule has 0 aromatic heterocycles. The van der Waals surface area contributed by atoms with Gasteiger partial charge in [0.2, 0.25) is 0 Å². The minimum Gasteiger partial charge on any atom is -0.352 e. The normalized spacial score (nSPS) is 13.2. The van der Waals surface area contributed by atoms with Gasteiger partial charge in [0.15, 0.2) is 0 Å². The van der Waals surface area contributed by atoms with E-state index >= 15 is 0 Å². The number of alkyl halides is 4. The van der Waals surface area contributed by atoms with E-state index in [0.717, 1.165) is 24.3 Å². The van der Waals surface area contributed by atoms with Crippen molar-refractivity contribution in [2.75, 3.05) is 12.4 Å². The zero-order chi connectivity index (χ0) is 13.8. The highest BCUT2D eigenvalue weighted by Gasteiger charge is 2.30. The molecule has 6 heteroatoms. The van der Waals surface area contributed by atoms with Crippen LogP contribution in [-0.4, -0.2) is 18.3 Å². The summed E-state index contributed by atoms with van der Waals surface area (Å²) in [5.41, 5.74) is -0.571. The summed E-state index contributed by atoms with van der Waals surface area (Å²) in [6.45, 7) is 2.25. The van der Waals surface area contributed by atoms with E-state index in [4.69, 9.17) is 11.6 Å². The van der Waals surface area contributed by atoms with Crippen LogP contribution in [0.2, 0.25) is 0 Å². The maximum absolute atomic E-state index is 12.3. The Morgan fingerprint density at radius 3 is 2.33 bits per heavy atom. The number of hydrogen-bond donors (Lipinski definition) is 1. The molecule has 0 saturated carbocycles. The fraction of sp³-hybridized carbons (Fsp3) is 0.417. The maximum atomic E-state index is 12.3. The molecule has 0 aliphatic carbocycles. The van der Waals surface area contributed by atoms with Crippen LogP contribution in [0.25, 0.3) is 0 Å². The standard InChI is InChI=1S/C12H13ClF3NO/c1-8(6-13)7-17-11(18)9-2-4-10(5-3-9)12(14,15)16/h2-5,8H,6-7H2,1H3,(H,17,18). The number of halogens is 4. The minimum absolute atomic E-state index is 0.116. The highest BCUT2D eigenvalue weighted by Crippen LogP contribution is 2.28. The van der Waals surface area contributed by atoms with Crippen LogP contribution in [-0.2, 0) is 6.18 Å². The molecule has 1 amide bonds. The molecule has 0 bridgehead atoms. The van der Waals surface area contributed by atoms with Crippen LogP contribution in [0.3, 0.4) is 0 Å². The molecule has 18 heavy (non-hydrogen) atoms. The Morgan fingerprint density at radius 2 is 1.89 bits per heavy atom. The first-order chi connectivity index (χ1) is 8.34. The van der Waals surface area contributed by atoms with Crippen molar-refractivity contribution in [1.29, 1.82) is 0 Å². The number of carbonyl (C=O) groups excluding carboxylic acids is 1. The van der Waals surface area contributed by atoms with E-state index in [0.29, 0.717) is 12.4 Å². The van der Waals surface area contributed by atoms with E-state index in [1.165, 1.54) is 0 Å². The summed E-state index contributed by atoms with van der Waals surface area (Å²) in [5, 5.41) is 2.60. The molecular weight excluding hydrogens is 267 g/mol. The van der Waals surface area contributed by atoms with Crippen LogP contribution >= 0.6 is 11.6 Å². The molecule has 0 aliphatic heterocycles. The van der Waals surface area contributed by atoms with Gasteiger partial charge in [-0.05, 0) is 30.2 Å². The third kappa shape index (κ3) is 4.22. The van der Waals surface area contributed by atoms with Crippen molar-refractivity contribution in [1.82, 2.24) is 5.32 Å². The van der Waals surface area contributed by atoms with Crippen molar-refractivity contribution in [3.05, 3.63) is 35.4 Å². The Hall–Kier alpha value is -1.23. The monoisotopic (exact) mass is 279 g/mol. The Bertz CT molecular complexity index is 403. The molecule has 2 nitrogen and oxygen atoms in total. The summed E-state index contributed by atoms with van der Waals surface area (Å²) in [6, 6.07) is 4.09. The highest BCUT2D eigenvalue weighted by molar-refractivity contribution is 6.18. The Labute approximate surface area is 108 Å². The van der Waals surface area contributed by atoms with Gasteiger partial charge in [0.25, 0.3) is 5.91 Å². The molecule has 0 aliphatic rings. The van der Waals surface area contributed by atoms with Crippen molar-refractivity contribution in [3.63, 3.8) is 0 Å². The van der Waals surface area contributed by atoms with Crippen molar-refractivity contribution < 1.29 is 18.0 Å². The molecule has 0 spiro atoms. The fourth-order valence-electron chi connectivity index (χ4n) is 1.23. The summed E-state index contributed by atoms with van der Waals surface area (Å²) in [6.07, 6.45) is -4.39. The Morgan fingerprint density at radius 1 is 1.33 bits per heavy atom. The molecule has 1 aromatic rings. The van der Waals surface area contributed by atoms with Gasteiger partial charge in [-0.25, -0.2) is 0 Å². The first-order valence-electron chi connectivity index (χ1n) is 5.36. The number of amides is 1. The number of nitrogens with one attached hydrogen (secondary N) is 1. The lowest BCUT2D eigenvalue weighted by atomic mass is 10.1. The fourth-order valence-corrected chi connectivity index (χ4v) is 1.34. The quantitative estimate of drug-likeness (QED) is 0.842. The van der Waals surface area contributed by atoms with Gasteiger partial charge in [-0.1, -0.05) is 6.92 Å². The van der Waals surface area contributed by atoms with Gasteiger partial charge in [-0.3, -0.25) is 4.79 Å². The largest absolute Gasteiger partial charge is 0.416 e. The number of benzene rings is 1. The number of carbonyl (C=O) groups is 1. The van der Waals surface area contributed by atoms with Crippen molar-refractivity contribution >= 4 is 17.5 Å². The summed E-state index contributed by atoms with van der Waals surface area (Å²) in [4.78, 5) is 11.6. The van der Waals surface area contributed by atoms with Gasteiger partial charge in [-0.15, -0.1) is 11.6 Å². The number of rotatable bonds is 4. The second-order valence-electron chi connectivity index (χ2n) is 4.04. The van der Waals surface area contributed by atoms with Crippen LogP contribution in [0.5, 0.6) is 0 Å². The molecule has 0 radical (unpaired) electrons. The van der Waals surface area contributed by atoms with E-state index in [1.54, 1.807) is 0 Å². The van der Waals surface area contributed by atoms with Gasteiger partial charge in [0.1, 0.15) is 0 Å². The Balaban J connectivity index is 2.65. The van der Waals surface area contributed by atoms with Gasteiger partial charge >= 0.3 is 6.18 Å². The van der Waals surface area contributed by atoms with Gasteiger partial charge in [0, 0.05) is 18.0 Å². The Kier molecular flexibility index (Phi) is 5.02. The lowest BCUT2D eigenvalue weighted by Crippen LogP contribution is -2.28. The van der Waals surface area contributed by atoms with Gasteiger partial charge < -0.3 is 5.32 Å². The molecule has 1 aromatic carbocycles. The summed E-state index contributed by atoms with van der Waals surface area (Å²) >= 11 is 5.58. The SMILES string of the molecule is CC(CCl)CNC(=O)c1ccc(C(F)(F)F)cc1. The van der Waals surface area contributed by atoms with E-state index in [9.17, 15) is 18.0 Å². The highest BCUT2D eigenvalue weighted by atomic mass is 35.5. The van der Waals surface area contributed by atoms with E-state index in [-0.39, 0.29) is 11.5 Å². The average Bonchev–Trinajstić information content (AvgIpc) is 2.34. The topological polar surface area (TPSA) is 29.1 Å². The molecule has 100 valence electrons. The first kappa shape index (κ1) is 14.8. The predicted molar refractivity (Wildman–Crippen MR) is 63.7 cm³/mol. The summed E-state index contributed by atoms with van der Waals surface area (Å²) in [7, 11) is 0. The molecule has 0 fully saturated rings. The van der Waals surface area contributed by atoms with E-state index < -0.39 is 17.6 Å². The van der Waals surface area contributed by atoms with Crippen molar-refractivity contribution in [2.24, 2.45) is 5.92 Å². The van der Waals surface area contributed by atoms with Gasteiger partial charge in [0.05, 0.1) is 5.56 Å². The summed E-state index contributed by atoms with van der Waals surface area (Å²) < 4.78 is 36.9. The van der Waals surface area contributed by atoms with Crippen LogP contribution in [0.1, 0.15) is 22.8 Å². The van der Waals surface area contributed by atoms with E-state index in [2.05, 4.69) is 5.32 Å².